The van der Waals surface area contributed by atoms with Gasteiger partial charge in [0.05, 0.1) is 11.5 Å². The Morgan fingerprint density at radius 3 is 2.46 bits per heavy atom. The number of sulfonamides is 1. The first-order valence-corrected chi connectivity index (χ1v) is 9.94. The van der Waals surface area contributed by atoms with Gasteiger partial charge in [0, 0.05) is 13.2 Å². The van der Waals surface area contributed by atoms with E-state index in [1.165, 1.54) is 0 Å². The molecule has 1 fully saturated rings. The van der Waals surface area contributed by atoms with Crippen LogP contribution in [0.4, 0.5) is 0 Å². The van der Waals surface area contributed by atoms with Crippen molar-refractivity contribution >= 4 is 10.0 Å². The van der Waals surface area contributed by atoms with Crippen molar-refractivity contribution < 1.29 is 17.9 Å². The number of piperidine rings is 1. The monoisotopic (exact) mass is 356 g/mol. The van der Waals surface area contributed by atoms with Gasteiger partial charge in [0.15, 0.2) is 0 Å². The standard InChI is InChI=1S/C17H28N2O4S/c1-3-22-12-13-23-15-4-6-16(7-5-15)24(20,21)19-14-17(2)8-10-18-11-9-17/h4-7,18-19H,3,8-14H2,1-2H3. The van der Waals surface area contributed by atoms with E-state index in [2.05, 4.69) is 17.0 Å². The van der Waals surface area contributed by atoms with E-state index in [0.29, 0.717) is 32.1 Å². The van der Waals surface area contributed by atoms with Crippen molar-refractivity contribution in [3.63, 3.8) is 0 Å². The van der Waals surface area contributed by atoms with E-state index < -0.39 is 10.0 Å². The molecule has 1 aromatic rings. The average molecular weight is 356 g/mol. The summed E-state index contributed by atoms with van der Waals surface area (Å²) in [5.74, 6) is 0.638. The van der Waals surface area contributed by atoms with Gasteiger partial charge in [0.25, 0.3) is 0 Å². The Bertz CT molecular complexity index is 596. The second-order valence-electron chi connectivity index (χ2n) is 6.40. The summed E-state index contributed by atoms with van der Waals surface area (Å²) < 4.78 is 38.3. The molecule has 1 aliphatic rings. The topological polar surface area (TPSA) is 76.7 Å². The summed E-state index contributed by atoms with van der Waals surface area (Å²) in [6, 6.07) is 6.49. The molecular formula is C17H28N2O4S. The van der Waals surface area contributed by atoms with E-state index in [1.54, 1.807) is 24.3 Å². The number of nitrogens with one attached hydrogen (secondary N) is 2. The Labute approximate surface area is 145 Å². The van der Waals surface area contributed by atoms with Crippen LogP contribution in [0.25, 0.3) is 0 Å². The predicted octanol–water partition coefficient (Wildman–Crippen LogP) is 1.77. The second-order valence-corrected chi connectivity index (χ2v) is 8.17. The molecule has 0 radical (unpaired) electrons. The van der Waals surface area contributed by atoms with Crippen molar-refractivity contribution in [1.82, 2.24) is 10.0 Å². The number of ether oxygens (including phenoxy) is 2. The van der Waals surface area contributed by atoms with Gasteiger partial charge in [-0.25, -0.2) is 13.1 Å². The summed E-state index contributed by atoms with van der Waals surface area (Å²) in [7, 11) is -3.49. The summed E-state index contributed by atoms with van der Waals surface area (Å²) in [6.07, 6.45) is 1.95. The average Bonchev–Trinajstić information content (AvgIpc) is 2.58. The number of benzene rings is 1. The summed E-state index contributed by atoms with van der Waals surface area (Å²) in [6.45, 7) is 8.02. The predicted molar refractivity (Wildman–Crippen MR) is 93.8 cm³/mol. The molecule has 0 atom stereocenters. The zero-order valence-corrected chi connectivity index (χ0v) is 15.3. The number of hydrogen-bond donors (Lipinski definition) is 2. The van der Waals surface area contributed by atoms with Gasteiger partial charge in [0.2, 0.25) is 10.0 Å². The largest absolute Gasteiger partial charge is 0.491 e. The van der Waals surface area contributed by atoms with Crippen molar-refractivity contribution in [2.45, 2.75) is 31.6 Å². The molecule has 2 rings (SSSR count). The normalized spacial score (nSPS) is 17.6. The third-order valence-electron chi connectivity index (χ3n) is 4.33. The lowest BCUT2D eigenvalue weighted by Gasteiger charge is -2.34. The summed E-state index contributed by atoms with van der Waals surface area (Å²) in [4.78, 5) is 0.261. The zero-order valence-electron chi connectivity index (χ0n) is 14.5. The number of rotatable bonds is 9. The Morgan fingerprint density at radius 1 is 1.17 bits per heavy atom. The van der Waals surface area contributed by atoms with Crippen LogP contribution in [-0.2, 0) is 14.8 Å². The smallest absolute Gasteiger partial charge is 0.240 e. The maximum Gasteiger partial charge on any atom is 0.240 e. The third kappa shape index (κ3) is 5.73. The Hall–Kier alpha value is -1.15. The number of hydrogen-bond acceptors (Lipinski definition) is 5. The van der Waals surface area contributed by atoms with Gasteiger partial charge in [-0.3, -0.25) is 0 Å². The minimum atomic E-state index is -3.49. The molecule has 0 spiro atoms. The SMILES string of the molecule is CCOCCOc1ccc(S(=O)(=O)NCC2(C)CCNCC2)cc1. The van der Waals surface area contributed by atoms with Gasteiger partial charge >= 0.3 is 0 Å². The van der Waals surface area contributed by atoms with Gasteiger partial charge in [-0.1, -0.05) is 6.92 Å². The van der Waals surface area contributed by atoms with Gasteiger partial charge in [-0.15, -0.1) is 0 Å². The molecule has 0 saturated carbocycles. The molecule has 1 heterocycles. The lowest BCUT2D eigenvalue weighted by Crippen LogP contribution is -2.42. The summed E-state index contributed by atoms with van der Waals surface area (Å²) in [5, 5.41) is 3.30. The minimum Gasteiger partial charge on any atom is -0.491 e. The fraction of sp³-hybridized carbons (Fsp3) is 0.647. The van der Waals surface area contributed by atoms with Crippen LogP contribution in [-0.4, -0.2) is 47.9 Å². The molecule has 0 bridgehead atoms. The van der Waals surface area contributed by atoms with E-state index in [9.17, 15) is 8.42 Å². The Kier molecular flexibility index (Phi) is 7.03. The Morgan fingerprint density at radius 2 is 1.83 bits per heavy atom. The maximum atomic E-state index is 12.4. The summed E-state index contributed by atoms with van der Waals surface area (Å²) in [5.41, 5.74) is 0.0145. The van der Waals surface area contributed by atoms with E-state index in [1.807, 2.05) is 6.92 Å². The van der Waals surface area contributed by atoms with Crippen LogP contribution in [0.1, 0.15) is 26.7 Å². The molecule has 2 N–H and O–H groups in total. The maximum absolute atomic E-state index is 12.4. The van der Waals surface area contributed by atoms with Crippen LogP contribution < -0.4 is 14.8 Å². The molecule has 7 heteroatoms. The second kappa shape index (κ2) is 8.80. The molecule has 0 aliphatic carbocycles. The van der Waals surface area contributed by atoms with E-state index >= 15 is 0 Å². The highest BCUT2D eigenvalue weighted by atomic mass is 32.2. The molecule has 24 heavy (non-hydrogen) atoms. The van der Waals surface area contributed by atoms with E-state index in [0.717, 1.165) is 25.9 Å². The van der Waals surface area contributed by atoms with Crippen LogP contribution in [0.3, 0.4) is 0 Å². The highest BCUT2D eigenvalue weighted by molar-refractivity contribution is 7.89. The summed E-state index contributed by atoms with van der Waals surface area (Å²) >= 11 is 0. The van der Waals surface area contributed by atoms with Crippen molar-refractivity contribution in [1.29, 1.82) is 0 Å². The van der Waals surface area contributed by atoms with Gasteiger partial charge < -0.3 is 14.8 Å². The molecule has 0 amide bonds. The molecular weight excluding hydrogens is 328 g/mol. The minimum absolute atomic E-state index is 0.0145. The van der Waals surface area contributed by atoms with Crippen molar-refractivity contribution in [3.8, 4) is 5.75 Å². The molecule has 0 aromatic heterocycles. The molecule has 136 valence electrons. The lowest BCUT2D eigenvalue weighted by molar-refractivity contribution is 0.110. The molecule has 6 nitrogen and oxygen atoms in total. The van der Waals surface area contributed by atoms with Crippen molar-refractivity contribution in [3.05, 3.63) is 24.3 Å². The fourth-order valence-corrected chi connectivity index (χ4v) is 3.84. The first-order chi connectivity index (χ1) is 11.5. The van der Waals surface area contributed by atoms with Crippen LogP contribution in [0.15, 0.2) is 29.2 Å². The molecule has 1 aliphatic heterocycles. The van der Waals surface area contributed by atoms with Crippen molar-refractivity contribution in [2.24, 2.45) is 5.41 Å². The fourth-order valence-electron chi connectivity index (χ4n) is 2.64. The van der Waals surface area contributed by atoms with Crippen LogP contribution >= 0.6 is 0 Å². The van der Waals surface area contributed by atoms with Gasteiger partial charge in [0.1, 0.15) is 12.4 Å². The molecule has 0 unspecified atom stereocenters. The lowest BCUT2D eigenvalue weighted by atomic mass is 9.81. The molecule has 1 saturated heterocycles. The van der Waals surface area contributed by atoms with Crippen LogP contribution in [0.2, 0.25) is 0 Å². The highest BCUT2D eigenvalue weighted by Gasteiger charge is 2.28. The van der Waals surface area contributed by atoms with E-state index in [4.69, 9.17) is 9.47 Å². The quantitative estimate of drug-likeness (QED) is 0.660. The van der Waals surface area contributed by atoms with Crippen LogP contribution in [0, 0.1) is 5.41 Å². The van der Waals surface area contributed by atoms with Crippen molar-refractivity contribution in [2.75, 3.05) is 39.5 Å². The zero-order chi connectivity index (χ0) is 17.5. The Balaban J connectivity index is 1.89. The first-order valence-electron chi connectivity index (χ1n) is 8.46. The van der Waals surface area contributed by atoms with Gasteiger partial charge in [-0.2, -0.15) is 0 Å². The third-order valence-corrected chi connectivity index (χ3v) is 5.75. The molecule has 1 aromatic carbocycles. The van der Waals surface area contributed by atoms with Gasteiger partial charge in [-0.05, 0) is 62.5 Å². The van der Waals surface area contributed by atoms with Crippen LogP contribution in [0.5, 0.6) is 5.75 Å². The first kappa shape index (κ1) is 19.2. The highest BCUT2D eigenvalue weighted by Crippen LogP contribution is 2.27. The van der Waals surface area contributed by atoms with E-state index in [-0.39, 0.29) is 10.3 Å².